The highest BCUT2D eigenvalue weighted by Crippen LogP contribution is 2.42. The molecule has 25 heavy (non-hydrogen) atoms. The largest absolute Gasteiger partial charge is 0.341 e. The maximum atomic E-state index is 13.0. The minimum atomic E-state index is 0.292. The third-order valence-corrected chi connectivity index (χ3v) is 6.41. The molecule has 3 aliphatic rings. The van der Waals surface area contributed by atoms with Gasteiger partial charge in [-0.2, -0.15) is 0 Å². The number of rotatable bonds is 2. The van der Waals surface area contributed by atoms with E-state index >= 15 is 0 Å². The van der Waals surface area contributed by atoms with E-state index in [0.29, 0.717) is 18.5 Å². The Labute approximate surface area is 149 Å². The van der Waals surface area contributed by atoms with Gasteiger partial charge in [0.2, 0.25) is 5.91 Å². The number of aromatic nitrogens is 1. The molecule has 1 saturated heterocycles. The van der Waals surface area contributed by atoms with Gasteiger partial charge in [0.05, 0.1) is 12.6 Å². The first kappa shape index (κ1) is 15.4. The monoisotopic (exact) mass is 337 g/mol. The molecule has 4 nitrogen and oxygen atoms in total. The van der Waals surface area contributed by atoms with Crippen LogP contribution < -0.4 is 0 Å². The number of carbonyl (C=O) groups excluding carboxylic acids is 1. The average molecular weight is 337 g/mol. The zero-order chi connectivity index (χ0) is 17.0. The molecule has 0 bridgehead atoms. The molecule has 4 heteroatoms. The molecule has 1 aromatic heterocycles. The van der Waals surface area contributed by atoms with Crippen molar-refractivity contribution < 1.29 is 4.79 Å². The van der Waals surface area contributed by atoms with Crippen molar-refractivity contribution in [1.82, 2.24) is 14.4 Å². The zero-order valence-electron chi connectivity index (χ0n) is 15.1. The predicted octanol–water partition coefficient (Wildman–Crippen LogP) is 3.27. The van der Waals surface area contributed by atoms with Gasteiger partial charge in [-0.15, -0.1) is 0 Å². The summed E-state index contributed by atoms with van der Waals surface area (Å²) >= 11 is 0. The smallest absolute Gasteiger partial charge is 0.237 e. The Hall–Kier alpha value is -1.81. The quantitative estimate of drug-likeness (QED) is 0.841. The van der Waals surface area contributed by atoms with Crippen LogP contribution in [-0.4, -0.2) is 46.5 Å². The van der Waals surface area contributed by atoms with Crippen molar-refractivity contribution in [2.24, 2.45) is 0 Å². The lowest BCUT2D eigenvalue weighted by Gasteiger charge is -2.40. The molecule has 5 rings (SSSR count). The van der Waals surface area contributed by atoms with Crippen LogP contribution in [0.15, 0.2) is 18.2 Å². The second kappa shape index (κ2) is 5.87. The number of amides is 1. The van der Waals surface area contributed by atoms with Gasteiger partial charge in [0.25, 0.3) is 0 Å². The number of fused-ring (bicyclic) bond motifs is 3. The molecule has 132 valence electrons. The van der Waals surface area contributed by atoms with Gasteiger partial charge >= 0.3 is 0 Å². The summed E-state index contributed by atoms with van der Waals surface area (Å²) in [6.07, 6.45) is 5.96. The van der Waals surface area contributed by atoms with Crippen molar-refractivity contribution >= 4 is 16.8 Å². The van der Waals surface area contributed by atoms with Crippen LogP contribution in [0.5, 0.6) is 0 Å². The molecule has 1 aromatic carbocycles. The van der Waals surface area contributed by atoms with E-state index in [1.54, 1.807) is 0 Å². The number of likely N-dealkylation sites (tertiary alicyclic amines) is 1. The van der Waals surface area contributed by atoms with Crippen molar-refractivity contribution in [3.63, 3.8) is 0 Å². The minimum Gasteiger partial charge on any atom is -0.341 e. The van der Waals surface area contributed by atoms with E-state index < -0.39 is 0 Å². The maximum absolute atomic E-state index is 13.0. The van der Waals surface area contributed by atoms with Crippen LogP contribution in [-0.2, 0) is 17.8 Å². The minimum absolute atomic E-state index is 0.292. The number of hydrogen-bond donors (Lipinski definition) is 0. The first-order valence-electron chi connectivity index (χ1n) is 9.86. The van der Waals surface area contributed by atoms with Gasteiger partial charge in [-0.25, -0.2) is 0 Å². The first-order valence-corrected chi connectivity index (χ1v) is 9.86. The normalized spacial score (nSPS) is 23.2. The van der Waals surface area contributed by atoms with E-state index in [4.69, 9.17) is 0 Å². The third kappa shape index (κ3) is 2.42. The number of nitrogens with zero attached hydrogens (tertiary/aromatic N) is 3. The van der Waals surface area contributed by atoms with Crippen LogP contribution in [0.1, 0.15) is 48.5 Å². The van der Waals surface area contributed by atoms with E-state index in [-0.39, 0.29) is 0 Å². The zero-order valence-corrected chi connectivity index (χ0v) is 15.1. The summed E-state index contributed by atoms with van der Waals surface area (Å²) in [5, 5.41) is 1.42. The predicted molar refractivity (Wildman–Crippen MR) is 99.7 cm³/mol. The van der Waals surface area contributed by atoms with Crippen LogP contribution >= 0.6 is 0 Å². The maximum Gasteiger partial charge on any atom is 0.237 e. The standard InChI is InChI=1S/C21H27N3O/c1-15-7-8-18-17(13-15)16-5-4-6-19-21(16)24(18)12-11-23(19)20(25)14-22-9-2-3-10-22/h7-8,13,19H,2-6,9-12,14H2,1H3/t19-/m1/s1. The molecule has 1 aliphatic carbocycles. The van der Waals surface area contributed by atoms with Gasteiger partial charge in [-0.1, -0.05) is 11.6 Å². The summed E-state index contributed by atoms with van der Waals surface area (Å²) in [4.78, 5) is 17.5. The molecule has 1 amide bonds. The summed E-state index contributed by atoms with van der Waals surface area (Å²) in [6.45, 7) is 6.78. The third-order valence-electron chi connectivity index (χ3n) is 6.41. The van der Waals surface area contributed by atoms with Crippen molar-refractivity contribution in [3.05, 3.63) is 35.0 Å². The highest BCUT2D eigenvalue weighted by atomic mass is 16.2. The molecule has 0 N–H and O–H groups in total. The van der Waals surface area contributed by atoms with Crippen LogP contribution in [0, 0.1) is 6.92 Å². The topological polar surface area (TPSA) is 28.5 Å². The lowest BCUT2D eigenvalue weighted by Crippen LogP contribution is -2.47. The van der Waals surface area contributed by atoms with E-state index in [1.165, 1.54) is 47.0 Å². The van der Waals surface area contributed by atoms with Gasteiger partial charge in [-0.3, -0.25) is 9.69 Å². The molecular formula is C21H27N3O. The molecule has 2 aromatic rings. The lowest BCUT2D eigenvalue weighted by atomic mass is 9.89. The molecule has 0 unspecified atom stereocenters. The summed E-state index contributed by atoms with van der Waals surface area (Å²) in [5.74, 6) is 0.340. The van der Waals surface area contributed by atoms with Crippen molar-refractivity contribution in [1.29, 1.82) is 0 Å². The number of aryl methyl sites for hydroxylation is 2. The van der Waals surface area contributed by atoms with Crippen LogP contribution in [0.2, 0.25) is 0 Å². The summed E-state index contributed by atoms with van der Waals surface area (Å²) < 4.78 is 2.51. The SMILES string of the molecule is Cc1ccc2c(c1)c1c3n2CCN(C(=O)CN2CCCC2)[C@@H]3CCC1. The fourth-order valence-corrected chi connectivity index (χ4v) is 5.24. The Morgan fingerprint density at radius 3 is 2.80 bits per heavy atom. The number of hydrogen-bond acceptors (Lipinski definition) is 2. The van der Waals surface area contributed by atoms with Crippen LogP contribution in [0.25, 0.3) is 10.9 Å². The fraction of sp³-hybridized carbons (Fsp3) is 0.571. The summed E-state index contributed by atoms with van der Waals surface area (Å²) in [7, 11) is 0. The Kier molecular flexibility index (Phi) is 3.63. The molecular weight excluding hydrogens is 310 g/mol. The van der Waals surface area contributed by atoms with Gasteiger partial charge < -0.3 is 9.47 Å². The van der Waals surface area contributed by atoms with Crippen molar-refractivity contribution in [2.45, 2.75) is 51.6 Å². The van der Waals surface area contributed by atoms with Gasteiger partial charge in [-0.05, 0) is 69.8 Å². The van der Waals surface area contributed by atoms with Crippen LogP contribution in [0.3, 0.4) is 0 Å². The Morgan fingerprint density at radius 1 is 1.12 bits per heavy atom. The summed E-state index contributed by atoms with van der Waals surface area (Å²) in [5.41, 5.74) is 5.64. The summed E-state index contributed by atoms with van der Waals surface area (Å²) in [6, 6.07) is 7.13. The molecule has 1 fully saturated rings. The Morgan fingerprint density at radius 2 is 1.96 bits per heavy atom. The molecule has 3 heterocycles. The van der Waals surface area contributed by atoms with E-state index in [0.717, 1.165) is 39.0 Å². The Bertz CT molecular complexity index is 831. The number of benzene rings is 1. The average Bonchev–Trinajstić information content (AvgIpc) is 3.23. The second-order valence-electron chi connectivity index (χ2n) is 8.01. The highest BCUT2D eigenvalue weighted by Gasteiger charge is 2.37. The first-order chi connectivity index (χ1) is 12.2. The van der Waals surface area contributed by atoms with Crippen LogP contribution in [0.4, 0.5) is 0 Å². The number of carbonyl (C=O) groups is 1. The lowest BCUT2D eigenvalue weighted by molar-refractivity contribution is -0.136. The second-order valence-corrected chi connectivity index (χ2v) is 8.01. The Balaban J connectivity index is 1.52. The van der Waals surface area contributed by atoms with Gasteiger partial charge in [0.1, 0.15) is 0 Å². The van der Waals surface area contributed by atoms with Gasteiger partial charge in [0.15, 0.2) is 0 Å². The fourth-order valence-electron chi connectivity index (χ4n) is 5.24. The van der Waals surface area contributed by atoms with Crippen molar-refractivity contribution in [3.8, 4) is 0 Å². The highest BCUT2D eigenvalue weighted by molar-refractivity contribution is 5.88. The van der Waals surface area contributed by atoms with E-state index in [9.17, 15) is 4.79 Å². The van der Waals surface area contributed by atoms with E-state index in [2.05, 4.69) is 39.5 Å². The molecule has 1 atom stereocenters. The molecule has 2 aliphatic heterocycles. The molecule has 0 saturated carbocycles. The van der Waals surface area contributed by atoms with Crippen molar-refractivity contribution in [2.75, 3.05) is 26.2 Å². The van der Waals surface area contributed by atoms with E-state index in [1.807, 2.05) is 0 Å². The molecule has 0 spiro atoms. The van der Waals surface area contributed by atoms with Gasteiger partial charge in [0, 0.05) is 29.7 Å². The molecule has 0 radical (unpaired) electrons.